The number of alkyl halides is 3. The van der Waals surface area contributed by atoms with Gasteiger partial charge in [0, 0.05) is 5.56 Å². The van der Waals surface area contributed by atoms with Gasteiger partial charge in [0.1, 0.15) is 0 Å². The molecule has 1 aromatic rings. The Morgan fingerprint density at radius 3 is 2.26 bits per heavy atom. The number of hydrogen-bond acceptors (Lipinski definition) is 2. The summed E-state index contributed by atoms with van der Waals surface area (Å²) < 4.78 is 66.0. The Labute approximate surface area is 127 Å². The molecule has 1 aliphatic carbocycles. The average Bonchev–Trinajstić information content (AvgIpc) is 2.36. The first-order valence-electron chi connectivity index (χ1n) is 6.66. The van der Waals surface area contributed by atoms with Crippen LogP contribution in [0.2, 0.25) is 0 Å². The summed E-state index contributed by atoms with van der Waals surface area (Å²) in [6, 6.07) is -0.491. The predicted molar refractivity (Wildman–Crippen MR) is 67.1 cm³/mol. The fourth-order valence-electron chi connectivity index (χ4n) is 2.44. The molecule has 1 amide bonds. The van der Waals surface area contributed by atoms with Crippen LogP contribution in [-0.4, -0.2) is 23.2 Å². The van der Waals surface area contributed by atoms with Gasteiger partial charge in [0.25, 0.3) is 0 Å². The van der Waals surface area contributed by atoms with Crippen LogP contribution in [0.15, 0.2) is 18.2 Å². The summed E-state index contributed by atoms with van der Waals surface area (Å²) in [4.78, 5) is 22.7. The van der Waals surface area contributed by atoms with Crippen molar-refractivity contribution in [3.63, 3.8) is 0 Å². The molecule has 3 unspecified atom stereocenters. The highest BCUT2D eigenvalue weighted by molar-refractivity contribution is 5.86. The van der Waals surface area contributed by atoms with E-state index in [1.807, 2.05) is 0 Å². The van der Waals surface area contributed by atoms with Crippen LogP contribution in [0.4, 0.5) is 22.0 Å². The highest BCUT2D eigenvalue weighted by Crippen LogP contribution is 2.38. The van der Waals surface area contributed by atoms with Crippen LogP contribution in [0.25, 0.3) is 0 Å². The van der Waals surface area contributed by atoms with Gasteiger partial charge in [-0.2, -0.15) is 13.2 Å². The minimum atomic E-state index is -5.06. The number of hydrogen-bond donors (Lipinski definition) is 2. The molecule has 126 valence electrons. The summed E-state index contributed by atoms with van der Waals surface area (Å²) in [5.74, 6) is -7.79. The van der Waals surface area contributed by atoms with Crippen molar-refractivity contribution in [1.29, 1.82) is 0 Å². The number of halogens is 5. The summed E-state index contributed by atoms with van der Waals surface area (Å²) in [6.07, 6.45) is -4.76. The van der Waals surface area contributed by atoms with Gasteiger partial charge in [-0.1, -0.05) is 12.1 Å². The maximum absolute atomic E-state index is 13.6. The molecule has 0 bridgehead atoms. The number of aliphatic carboxylic acids is 1. The van der Waals surface area contributed by atoms with E-state index in [4.69, 9.17) is 5.11 Å². The molecular formula is C14H12F5NO3. The summed E-state index contributed by atoms with van der Waals surface area (Å²) >= 11 is 0. The highest BCUT2D eigenvalue weighted by atomic mass is 19.4. The average molecular weight is 337 g/mol. The van der Waals surface area contributed by atoms with Crippen molar-refractivity contribution in [2.45, 2.75) is 25.1 Å². The molecule has 2 N–H and O–H groups in total. The lowest BCUT2D eigenvalue weighted by molar-refractivity contribution is -0.168. The van der Waals surface area contributed by atoms with Crippen LogP contribution in [0.5, 0.6) is 0 Å². The third-order valence-electron chi connectivity index (χ3n) is 3.83. The Balaban J connectivity index is 2.25. The van der Waals surface area contributed by atoms with E-state index in [9.17, 15) is 31.5 Å². The standard InChI is InChI=1S/C14H12F5NO3/c15-9-3-1-2-8(10(9)16)11(14(17,18)19)20-12(21)6-4-5-7(6)13(22)23/h1-3,6-7,11H,4-5H2,(H,20,21)(H,22,23). The molecule has 1 saturated carbocycles. The number of benzene rings is 1. The van der Waals surface area contributed by atoms with E-state index < -0.39 is 53.1 Å². The number of carboxylic acids is 1. The zero-order valence-electron chi connectivity index (χ0n) is 11.5. The quantitative estimate of drug-likeness (QED) is 0.831. The highest BCUT2D eigenvalue weighted by Gasteiger charge is 2.47. The topological polar surface area (TPSA) is 66.4 Å². The molecule has 1 aromatic carbocycles. The number of rotatable bonds is 4. The zero-order valence-corrected chi connectivity index (χ0v) is 11.5. The predicted octanol–water partition coefficient (Wildman–Crippen LogP) is 2.80. The van der Waals surface area contributed by atoms with Gasteiger partial charge in [-0.15, -0.1) is 0 Å². The first-order chi connectivity index (χ1) is 10.6. The monoisotopic (exact) mass is 337 g/mol. The van der Waals surface area contributed by atoms with Crippen LogP contribution < -0.4 is 5.32 Å². The number of amides is 1. The molecule has 0 spiro atoms. The van der Waals surface area contributed by atoms with Crippen molar-refractivity contribution < 1.29 is 36.6 Å². The van der Waals surface area contributed by atoms with Gasteiger partial charge in [-0.3, -0.25) is 9.59 Å². The van der Waals surface area contributed by atoms with Gasteiger partial charge in [0.05, 0.1) is 11.8 Å². The van der Waals surface area contributed by atoms with Crippen molar-refractivity contribution in [1.82, 2.24) is 5.32 Å². The molecule has 23 heavy (non-hydrogen) atoms. The first kappa shape index (κ1) is 17.2. The minimum absolute atomic E-state index is 0.124. The third-order valence-corrected chi connectivity index (χ3v) is 3.83. The fraction of sp³-hybridized carbons (Fsp3) is 0.429. The van der Waals surface area contributed by atoms with Crippen LogP contribution in [-0.2, 0) is 9.59 Å². The Hall–Kier alpha value is -2.19. The van der Waals surface area contributed by atoms with Gasteiger partial charge in [-0.05, 0) is 18.9 Å². The molecule has 2 rings (SSSR count). The van der Waals surface area contributed by atoms with Crippen LogP contribution in [0.1, 0.15) is 24.4 Å². The van der Waals surface area contributed by atoms with Crippen molar-refractivity contribution in [3.8, 4) is 0 Å². The Bertz CT molecular complexity index is 631. The first-order valence-corrected chi connectivity index (χ1v) is 6.66. The smallest absolute Gasteiger partial charge is 0.412 e. The second kappa shape index (κ2) is 6.13. The van der Waals surface area contributed by atoms with Crippen LogP contribution in [0, 0.1) is 23.5 Å². The van der Waals surface area contributed by atoms with Crippen molar-refractivity contribution in [2.75, 3.05) is 0 Å². The van der Waals surface area contributed by atoms with Gasteiger partial charge >= 0.3 is 12.1 Å². The summed E-state index contributed by atoms with van der Waals surface area (Å²) in [5.41, 5.74) is -1.06. The lowest BCUT2D eigenvalue weighted by atomic mass is 9.73. The van der Waals surface area contributed by atoms with E-state index in [0.29, 0.717) is 12.1 Å². The Morgan fingerprint density at radius 1 is 1.17 bits per heavy atom. The van der Waals surface area contributed by atoms with Crippen LogP contribution in [0.3, 0.4) is 0 Å². The van der Waals surface area contributed by atoms with Gasteiger partial charge in [0.15, 0.2) is 17.7 Å². The van der Waals surface area contributed by atoms with Crippen molar-refractivity contribution >= 4 is 11.9 Å². The van der Waals surface area contributed by atoms with E-state index >= 15 is 0 Å². The zero-order chi connectivity index (χ0) is 17.4. The minimum Gasteiger partial charge on any atom is -0.481 e. The second-order valence-corrected chi connectivity index (χ2v) is 5.25. The molecule has 0 radical (unpaired) electrons. The van der Waals surface area contributed by atoms with Gasteiger partial charge in [0.2, 0.25) is 5.91 Å². The largest absolute Gasteiger partial charge is 0.481 e. The van der Waals surface area contributed by atoms with Gasteiger partial charge < -0.3 is 10.4 Å². The summed E-state index contributed by atoms with van der Waals surface area (Å²) in [7, 11) is 0. The third kappa shape index (κ3) is 3.43. The molecular weight excluding hydrogens is 325 g/mol. The van der Waals surface area contributed by atoms with E-state index in [-0.39, 0.29) is 12.8 Å². The maximum atomic E-state index is 13.6. The lowest BCUT2D eigenvalue weighted by Gasteiger charge is -2.33. The Kier molecular flexibility index (Phi) is 4.58. The molecule has 0 saturated heterocycles. The SMILES string of the molecule is O=C(O)C1CCC1C(=O)NC(c1cccc(F)c1F)C(F)(F)F. The number of carbonyl (C=O) groups excluding carboxylic acids is 1. The Morgan fingerprint density at radius 2 is 1.78 bits per heavy atom. The number of carboxylic acid groups (broad SMARTS) is 1. The van der Waals surface area contributed by atoms with E-state index in [2.05, 4.69) is 0 Å². The molecule has 3 atom stereocenters. The van der Waals surface area contributed by atoms with E-state index in [0.717, 1.165) is 6.07 Å². The van der Waals surface area contributed by atoms with Crippen molar-refractivity contribution in [3.05, 3.63) is 35.4 Å². The molecule has 0 aromatic heterocycles. The van der Waals surface area contributed by atoms with Gasteiger partial charge in [-0.25, -0.2) is 8.78 Å². The molecule has 4 nitrogen and oxygen atoms in total. The fourth-order valence-corrected chi connectivity index (χ4v) is 2.44. The number of carbonyl (C=O) groups is 2. The second-order valence-electron chi connectivity index (χ2n) is 5.25. The molecule has 0 heterocycles. The molecule has 1 aliphatic rings. The van der Waals surface area contributed by atoms with E-state index in [1.54, 1.807) is 5.32 Å². The lowest BCUT2D eigenvalue weighted by Crippen LogP contribution is -2.48. The molecule has 0 aliphatic heterocycles. The molecule has 1 fully saturated rings. The summed E-state index contributed by atoms with van der Waals surface area (Å²) in [6.45, 7) is 0. The normalized spacial score (nSPS) is 22.1. The van der Waals surface area contributed by atoms with Crippen LogP contribution >= 0.6 is 0 Å². The van der Waals surface area contributed by atoms with E-state index in [1.165, 1.54) is 0 Å². The summed E-state index contributed by atoms with van der Waals surface area (Å²) in [5, 5.41) is 10.4. The number of nitrogens with one attached hydrogen (secondary N) is 1. The molecule has 9 heteroatoms. The van der Waals surface area contributed by atoms with Crippen molar-refractivity contribution in [2.24, 2.45) is 11.8 Å². The maximum Gasteiger partial charge on any atom is 0.412 e.